The second-order valence-electron chi connectivity index (χ2n) is 3.28. The Morgan fingerprint density at radius 3 is 2.67 bits per heavy atom. The monoisotopic (exact) mass is 293 g/mol. The molecule has 0 aliphatic carbocycles. The molecule has 0 saturated carbocycles. The number of benzene rings is 1. The Kier molecular flexibility index (Phi) is 5.24. The number of carbonyl (C=O) groups excluding carboxylic acids is 1. The highest BCUT2D eigenvalue weighted by Gasteiger charge is 2.10. The van der Waals surface area contributed by atoms with Crippen LogP contribution < -0.4 is 10.5 Å². The number of halogens is 1. The van der Waals surface area contributed by atoms with Gasteiger partial charge in [0.25, 0.3) is 9.05 Å². The Morgan fingerprint density at radius 2 is 2.06 bits per heavy atom. The number of nitrogens with two attached hydrogens (primary N) is 1. The maximum absolute atomic E-state index is 11.1. The van der Waals surface area contributed by atoms with Gasteiger partial charge in [-0.25, -0.2) is 13.2 Å². The largest absolute Gasteiger partial charge is 0.493 e. The van der Waals surface area contributed by atoms with E-state index in [4.69, 9.17) is 21.2 Å². The highest BCUT2D eigenvalue weighted by Crippen LogP contribution is 2.20. The lowest BCUT2D eigenvalue weighted by Gasteiger charge is -2.06. The molecule has 8 heteroatoms. The van der Waals surface area contributed by atoms with Crippen LogP contribution in [-0.2, 0) is 13.8 Å². The first-order valence-corrected chi connectivity index (χ1v) is 7.30. The van der Waals surface area contributed by atoms with Crippen molar-refractivity contribution in [2.75, 3.05) is 13.2 Å². The van der Waals surface area contributed by atoms with Crippen LogP contribution in [0.4, 0.5) is 4.79 Å². The minimum atomic E-state index is -3.77. The Labute approximate surface area is 109 Å². The zero-order valence-corrected chi connectivity index (χ0v) is 10.9. The number of carbonyl (C=O) groups is 1. The minimum absolute atomic E-state index is 0.0324. The predicted octanol–water partition coefficient (Wildman–Crippen LogP) is 1.48. The van der Waals surface area contributed by atoms with Crippen molar-refractivity contribution >= 4 is 25.8 Å². The molecule has 6 nitrogen and oxygen atoms in total. The van der Waals surface area contributed by atoms with Gasteiger partial charge in [0, 0.05) is 23.2 Å². The molecule has 0 radical (unpaired) electrons. The van der Waals surface area contributed by atoms with Crippen molar-refractivity contribution in [3.05, 3.63) is 24.3 Å². The lowest BCUT2D eigenvalue weighted by atomic mass is 10.3. The van der Waals surface area contributed by atoms with E-state index in [1.54, 1.807) is 6.07 Å². The molecule has 2 N–H and O–H groups in total. The van der Waals surface area contributed by atoms with Gasteiger partial charge in [0.2, 0.25) is 0 Å². The summed E-state index contributed by atoms with van der Waals surface area (Å²) in [5.74, 6) is 0.371. The molecule has 0 saturated heterocycles. The molecule has 0 unspecified atom stereocenters. The maximum atomic E-state index is 11.1. The average molecular weight is 294 g/mol. The lowest BCUT2D eigenvalue weighted by Crippen LogP contribution is -2.15. The fourth-order valence-corrected chi connectivity index (χ4v) is 1.92. The van der Waals surface area contributed by atoms with Gasteiger partial charge in [0.15, 0.2) is 0 Å². The van der Waals surface area contributed by atoms with Crippen LogP contribution in [0.25, 0.3) is 0 Å². The van der Waals surface area contributed by atoms with Gasteiger partial charge in [0.05, 0.1) is 18.1 Å². The van der Waals surface area contributed by atoms with Crippen LogP contribution >= 0.6 is 10.7 Å². The van der Waals surface area contributed by atoms with Crippen LogP contribution in [0.1, 0.15) is 6.42 Å². The summed E-state index contributed by atoms with van der Waals surface area (Å²) in [5, 5.41) is 0. The first kappa shape index (κ1) is 14.6. The fourth-order valence-electron chi connectivity index (χ4n) is 1.14. The van der Waals surface area contributed by atoms with Crippen molar-refractivity contribution < 1.29 is 22.7 Å². The molecule has 0 bridgehead atoms. The molecular formula is C10H12ClNO5S. The Morgan fingerprint density at radius 1 is 1.33 bits per heavy atom. The Hall–Kier alpha value is -1.47. The quantitative estimate of drug-likeness (QED) is 0.633. The molecule has 1 amide bonds. The molecular weight excluding hydrogens is 282 g/mol. The summed E-state index contributed by atoms with van der Waals surface area (Å²) >= 11 is 0. The second kappa shape index (κ2) is 6.46. The van der Waals surface area contributed by atoms with Gasteiger partial charge < -0.3 is 15.2 Å². The third-order valence-corrected chi connectivity index (χ3v) is 3.24. The molecule has 0 spiro atoms. The van der Waals surface area contributed by atoms with Gasteiger partial charge in [-0.15, -0.1) is 0 Å². The molecule has 1 aromatic rings. The summed E-state index contributed by atoms with van der Waals surface area (Å²) in [5.41, 5.74) is 4.77. The molecule has 0 fully saturated rings. The van der Waals surface area contributed by atoms with Gasteiger partial charge in [-0.1, -0.05) is 6.07 Å². The molecule has 1 rings (SSSR count). The van der Waals surface area contributed by atoms with E-state index in [9.17, 15) is 13.2 Å². The Bertz CT molecular complexity index is 517. The summed E-state index contributed by atoms with van der Waals surface area (Å²) < 4.78 is 31.9. The molecule has 1 aromatic carbocycles. The van der Waals surface area contributed by atoms with Crippen LogP contribution in [0, 0.1) is 0 Å². The number of primary amides is 1. The fraction of sp³-hybridized carbons (Fsp3) is 0.300. The van der Waals surface area contributed by atoms with E-state index in [1.807, 2.05) is 0 Å². The van der Waals surface area contributed by atoms with Gasteiger partial charge in [-0.05, 0) is 12.1 Å². The number of ether oxygens (including phenoxy) is 2. The van der Waals surface area contributed by atoms with Gasteiger partial charge in [-0.3, -0.25) is 0 Å². The van der Waals surface area contributed by atoms with Gasteiger partial charge in [0.1, 0.15) is 5.75 Å². The first-order chi connectivity index (χ1) is 8.39. The standard InChI is InChI=1S/C10H12ClNO5S/c11-18(14,15)9-4-1-3-8(7-9)16-5-2-6-17-10(12)13/h1,3-4,7H,2,5-6H2,(H2,12,13). The van der Waals surface area contributed by atoms with Crippen LogP contribution in [0.5, 0.6) is 5.75 Å². The van der Waals surface area contributed by atoms with E-state index in [0.29, 0.717) is 12.2 Å². The van der Waals surface area contributed by atoms with Gasteiger partial charge >= 0.3 is 6.09 Å². The molecule has 18 heavy (non-hydrogen) atoms. The van der Waals surface area contributed by atoms with Crippen molar-refractivity contribution in [2.24, 2.45) is 5.73 Å². The third kappa shape index (κ3) is 5.24. The summed E-state index contributed by atoms with van der Waals surface area (Å²) in [7, 11) is 1.43. The van der Waals surface area contributed by atoms with Crippen LogP contribution in [0.2, 0.25) is 0 Å². The SMILES string of the molecule is NC(=O)OCCCOc1cccc(S(=O)(=O)Cl)c1. The van der Waals surface area contributed by atoms with Crippen molar-refractivity contribution in [1.82, 2.24) is 0 Å². The lowest BCUT2D eigenvalue weighted by molar-refractivity contribution is 0.147. The molecule has 0 aliphatic rings. The number of amides is 1. The number of hydrogen-bond acceptors (Lipinski definition) is 5. The van der Waals surface area contributed by atoms with Crippen molar-refractivity contribution in [3.8, 4) is 5.75 Å². The van der Waals surface area contributed by atoms with Crippen molar-refractivity contribution in [3.63, 3.8) is 0 Å². The normalized spacial score (nSPS) is 10.9. The maximum Gasteiger partial charge on any atom is 0.404 e. The molecule has 0 aliphatic heterocycles. The summed E-state index contributed by atoms with van der Waals surface area (Å²) in [6, 6.07) is 5.80. The second-order valence-corrected chi connectivity index (χ2v) is 5.85. The van der Waals surface area contributed by atoms with E-state index >= 15 is 0 Å². The third-order valence-electron chi connectivity index (χ3n) is 1.89. The average Bonchev–Trinajstić information content (AvgIpc) is 2.27. The number of hydrogen-bond donors (Lipinski definition) is 1. The van der Waals surface area contributed by atoms with Gasteiger partial charge in [-0.2, -0.15) is 0 Å². The minimum Gasteiger partial charge on any atom is -0.493 e. The van der Waals surface area contributed by atoms with Crippen LogP contribution in [0.3, 0.4) is 0 Å². The van der Waals surface area contributed by atoms with E-state index in [2.05, 4.69) is 4.74 Å². The number of rotatable bonds is 6. The summed E-state index contributed by atoms with van der Waals surface area (Å²) in [6.07, 6.45) is -0.397. The van der Waals surface area contributed by atoms with E-state index in [1.165, 1.54) is 18.2 Å². The zero-order chi connectivity index (χ0) is 13.6. The highest BCUT2D eigenvalue weighted by atomic mass is 35.7. The summed E-state index contributed by atoms with van der Waals surface area (Å²) in [6.45, 7) is 0.405. The smallest absolute Gasteiger partial charge is 0.404 e. The first-order valence-electron chi connectivity index (χ1n) is 4.99. The van der Waals surface area contributed by atoms with Crippen LogP contribution in [0.15, 0.2) is 29.2 Å². The molecule has 0 aromatic heterocycles. The topological polar surface area (TPSA) is 95.7 Å². The Balaban J connectivity index is 2.46. The molecule has 0 heterocycles. The zero-order valence-electron chi connectivity index (χ0n) is 9.34. The van der Waals surface area contributed by atoms with E-state index in [0.717, 1.165) is 0 Å². The molecule has 100 valence electrons. The van der Waals surface area contributed by atoms with Crippen LogP contribution in [-0.4, -0.2) is 27.7 Å². The predicted molar refractivity (Wildman–Crippen MR) is 65.1 cm³/mol. The van der Waals surface area contributed by atoms with E-state index < -0.39 is 15.1 Å². The molecule has 0 atom stereocenters. The van der Waals surface area contributed by atoms with Crippen molar-refractivity contribution in [2.45, 2.75) is 11.3 Å². The summed E-state index contributed by atoms with van der Waals surface area (Å²) in [4.78, 5) is 10.2. The highest BCUT2D eigenvalue weighted by molar-refractivity contribution is 8.13. The van der Waals surface area contributed by atoms with E-state index in [-0.39, 0.29) is 18.1 Å². The van der Waals surface area contributed by atoms with Crippen molar-refractivity contribution in [1.29, 1.82) is 0 Å².